The van der Waals surface area contributed by atoms with Gasteiger partial charge in [0, 0.05) is 26.2 Å². The molecule has 18 heavy (non-hydrogen) atoms. The number of carbonyl (C=O) groups is 2. The van der Waals surface area contributed by atoms with Gasteiger partial charge in [0.25, 0.3) is 0 Å². The van der Waals surface area contributed by atoms with Crippen molar-refractivity contribution < 1.29 is 14.3 Å². The quantitative estimate of drug-likeness (QED) is 0.760. The molecule has 1 atom stereocenters. The molecule has 2 fully saturated rings. The molecule has 0 aromatic heterocycles. The lowest BCUT2D eigenvalue weighted by Gasteiger charge is -2.36. The van der Waals surface area contributed by atoms with Crippen molar-refractivity contribution in [2.24, 2.45) is 11.8 Å². The second-order valence-corrected chi connectivity index (χ2v) is 4.73. The fourth-order valence-corrected chi connectivity index (χ4v) is 2.35. The van der Waals surface area contributed by atoms with Crippen LogP contribution in [0.5, 0.6) is 0 Å². The minimum atomic E-state index is -0.156. The van der Waals surface area contributed by atoms with Gasteiger partial charge in [0.15, 0.2) is 0 Å². The standard InChI is InChI=1S/C12H20N2O3.ClH/c1-2-17-12(16)9-4-3-5-14(8-9)11(15)10-6-13-7-10;/h9-10,13H,2-8H2,1H3;1H. The summed E-state index contributed by atoms with van der Waals surface area (Å²) >= 11 is 0. The Balaban J connectivity index is 0.00000162. The molecule has 0 aliphatic carbocycles. The van der Waals surface area contributed by atoms with Gasteiger partial charge in [-0.1, -0.05) is 0 Å². The average Bonchev–Trinajstić information content (AvgIpc) is 2.27. The van der Waals surface area contributed by atoms with E-state index in [1.165, 1.54) is 0 Å². The van der Waals surface area contributed by atoms with Crippen LogP contribution in [0.4, 0.5) is 0 Å². The summed E-state index contributed by atoms with van der Waals surface area (Å²) in [7, 11) is 0. The molecule has 2 rings (SSSR count). The lowest BCUT2D eigenvalue weighted by Crippen LogP contribution is -2.54. The number of ether oxygens (including phenoxy) is 1. The van der Waals surface area contributed by atoms with E-state index in [9.17, 15) is 9.59 Å². The van der Waals surface area contributed by atoms with Crippen LogP contribution in [0.25, 0.3) is 0 Å². The van der Waals surface area contributed by atoms with E-state index in [0.717, 1.165) is 32.5 Å². The largest absolute Gasteiger partial charge is 0.466 e. The number of nitrogens with zero attached hydrogens (tertiary/aromatic N) is 1. The smallest absolute Gasteiger partial charge is 0.310 e. The SMILES string of the molecule is CCOC(=O)C1CCCN(C(=O)C2CNC2)C1.Cl. The second-order valence-electron chi connectivity index (χ2n) is 4.73. The highest BCUT2D eigenvalue weighted by Crippen LogP contribution is 2.20. The van der Waals surface area contributed by atoms with E-state index in [1.807, 2.05) is 11.8 Å². The molecule has 2 aliphatic heterocycles. The maximum absolute atomic E-state index is 12.0. The van der Waals surface area contributed by atoms with Gasteiger partial charge in [-0.3, -0.25) is 9.59 Å². The topological polar surface area (TPSA) is 58.6 Å². The van der Waals surface area contributed by atoms with Crippen LogP contribution in [0.3, 0.4) is 0 Å². The molecule has 104 valence electrons. The first-order valence-electron chi connectivity index (χ1n) is 6.38. The number of rotatable bonds is 3. The maximum Gasteiger partial charge on any atom is 0.310 e. The summed E-state index contributed by atoms with van der Waals surface area (Å²) in [5, 5.41) is 3.10. The summed E-state index contributed by atoms with van der Waals surface area (Å²) in [4.78, 5) is 25.5. The van der Waals surface area contributed by atoms with Crippen LogP contribution in [-0.2, 0) is 14.3 Å². The zero-order valence-electron chi connectivity index (χ0n) is 10.7. The van der Waals surface area contributed by atoms with Crippen molar-refractivity contribution in [1.29, 1.82) is 0 Å². The highest BCUT2D eigenvalue weighted by atomic mass is 35.5. The Morgan fingerprint density at radius 1 is 1.33 bits per heavy atom. The third-order valence-electron chi connectivity index (χ3n) is 3.48. The lowest BCUT2D eigenvalue weighted by molar-refractivity contribution is -0.152. The Kier molecular flexibility index (Phi) is 5.88. The molecule has 0 bridgehead atoms. The molecule has 5 nitrogen and oxygen atoms in total. The number of halogens is 1. The van der Waals surface area contributed by atoms with Gasteiger partial charge in [-0.05, 0) is 19.8 Å². The van der Waals surface area contributed by atoms with Crippen molar-refractivity contribution in [2.45, 2.75) is 19.8 Å². The van der Waals surface area contributed by atoms with E-state index >= 15 is 0 Å². The van der Waals surface area contributed by atoms with Crippen LogP contribution < -0.4 is 5.32 Å². The predicted octanol–water partition coefficient (Wildman–Crippen LogP) is 0.429. The first-order valence-corrected chi connectivity index (χ1v) is 6.38. The van der Waals surface area contributed by atoms with E-state index in [-0.39, 0.29) is 36.1 Å². The summed E-state index contributed by atoms with van der Waals surface area (Å²) in [5.41, 5.74) is 0. The fraction of sp³-hybridized carbons (Fsp3) is 0.833. The zero-order chi connectivity index (χ0) is 12.3. The summed E-state index contributed by atoms with van der Waals surface area (Å²) in [6, 6.07) is 0. The first kappa shape index (κ1) is 15.2. The van der Waals surface area contributed by atoms with Gasteiger partial charge in [-0.15, -0.1) is 12.4 Å². The summed E-state index contributed by atoms with van der Waals surface area (Å²) in [5.74, 6) is 0.0334. The number of carbonyl (C=O) groups excluding carboxylic acids is 2. The molecule has 2 aliphatic rings. The molecule has 2 heterocycles. The maximum atomic E-state index is 12.0. The van der Waals surface area contributed by atoms with Crippen LogP contribution in [0.15, 0.2) is 0 Å². The first-order chi connectivity index (χ1) is 8.22. The molecule has 0 saturated carbocycles. The summed E-state index contributed by atoms with van der Waals surface area (Å²) < 4.78 is 5.02. The molecule has 0 spiro atoms. The van der Waals surface area contributed by atoms with Crippen LogP contribution in [-0.4, -0.2) is 49.6 Å². The molecule has 1 amide bonds. The average molecular weight is 277 g/mol. The minimum absolute atomic E-state index is 0. The van der Waals surface area contributed by atoms with Gasteiger partial charge >= 0.3 is 5.97 Å². The van der Waals surface area contributed by atoms with E-state index < -0.39 is 0 Å². The number of likely N-dealkylation sites (tertiary alicyclic amines) is 1. The van der Waals surface area contributed by atoms with Crippen molar-refractivity contribution >= 4 is 24.3 Å². The fourth-order valence-electron chi connectivity index (χ4n) is 2.35. The number of esters is 1. The second kappa shape index (κ2) is 6.95. The molecular formula is C12H21ClN2O3. The Hall–Kier alpha value is -0.810. The van der Waals surface area contributed by atoms with Gasteiger partial charge in [0.05, 0.1) is 18.4 Å². The Morgan fingerprint density at radius 3 is 2.61 bits per heavy atom. The van der Waals surface area contributed by atoms with Crippen molar-refractivity contribution in [3.63, 3.8) is 0 Å². The lowest BCUT2D eigenvalue weighted by atomic mass is 9.95. The number of hydrogen-bond donors (Lipinski definition) is 1. The van der Waals surface area contributed by atoms with E-state index in [2.05, 4.69) is 5.32 Å². The number of amides is 1. The Labute approximate surface area is 114 Å². The van der Waals surface area contributed by atoms with Crippen LogP contribution >= 0.6 is 12.4 Å². The van der Waals surface area contributed by atoms with Gasteiger partial charge < -0.3 is 15.0 Å². The van der Waals surface area contributed by atoms with Crippen LogP contribution in [0, 0.1) is 11.8 Å². The van der Waals surface area contributed by atoms with E-state index in [1.54, 1.807) is 0 Å². The van der Waals surface area contributed by atoms with Gasteiger partial charge in [-0.25, -0.2) is 0 Å². The van der Waals surface area contributed by atoms with Crippen molar-refractivity contribution in [2.75, 3.05) is 32.8 Å². The predicted molar refractivity (Wildman–Crippen MR) is 69.5 cm³/mol. The van der Waals surface area contributed by atoms with Crippen LogP contribution in [0.1, 0.15) is 19.8 Å². The molecule has 6 heteroatoms. The monoisotopic (exact) mass is 276 g/mol. The van der Waals surface area contributed by atoms with E-state index in [4.69, 9.17) is 4.74 Å². The molecular weight excluding hydrogens is 256 g/mol. The molecule has 1 unspecified atom stereocenters. The molecule has 0 aromatic rings. The van der Waals surface area contributed by atoms with Gasteiger partial charge in [0.1, 0.15) is 0 Å². The van der Waals surface area contributed by atoms with Crippen molar-refractivity contribution in [3.8, 4) is 0 Å². The van der Waals surface area contributed by atoms with Gasteiger partial charge in [0.2, 0.25) is 5.91 Å². The summed E-state index contributed by atoms with van der Waals surface area (Å²) in [6.07, 6.45) is 1.74. The molecule has 0 aromatic carbocycles. The highest BCUT2D eigenvalue weighted by molar-refractivity contribution is 5.85. The third kappa shape index (κ3) is 3.36. The Morgan fingerprint density at radius 2 is 2.06 bits per heavy atom. The number of nitrogens with one attached hydrogen (secondary N) is 1. The Bertz CT molecular complexity index is 308. The zero-order valence-corrected chi connectivity index (χ0v) is 11.5. The number of hydrogen-bond acceptors (Lipinski definition) is 4. The molecule has 1 N–H and O–H groups in total. The number of piperidine rings is 1. The third-order valence-corrected chi connectivity index (χ3v) is 3.48. The van der Waals surface area contributed by atoms with Crippen molar-refractivity contribution in [3.05, 3.63) is 0 Å². The molecule has 2 saturated heterocycles. The summed E-state index contributed by atoms with van der Waals surface area (Å²) in [6.45, 7) is 5.09. The minimum Gasteiger partial charge on any atom is -0.466 e. The van der Waals surface area contributed by atoms with Crippen molar-refractivity contribution in [1.82, 2.24) is 10.2 Å². The molecule has 0 radical (unpaired) electrons. The van der Waals surface area contributed by atoms with E-state index in [0.29, 0.717) is 13.2 Å². The highest BCUT2D eigenvalue weighted by Gasteiger charge is 2.34. The van der Waals surface area contributed by atoms with Gasteiger partial charge in [-0.2, -0.15) is 0 Å². The van der Waals surface area contributed by atoms with Crippen LogP contribution in [0.2, 0.25) is 0 Å². The normalized spacial score (nSPS) is 23.8.